The maximum atomic E-state index is 4.27. The van der Waals surface area contributed by atoms with Gasteiger partial charge in [-0.2, -0.15) is 0 Å². The molecule has 0 aliphatic heterocycles. The van der Waals surface area contributed by atoms with Crippen molar-refractivity contribution in [3.8, 4) is 0 Å². The van der Waals surface area contributed by atoms with Crippen LogP contribution in [0.2, 0.25) is 0 Å². The highest BCUT2D eigenvalue weighted by Crippen LogP contribution is 2.10. The van der Waals surface area contributed by atoms with Gasteiger partial charge in [-0.1, -0.05) is 19.9 Å². The minimum atomic E-state index is 0.957. The van der Waals surface area contributed by atoms with Crippen molar-refractivity contribution >= 4 is 11.5 Å². The molecular weight excluding hydrogens is 212 g/mol. The van der Waals surface area contributed by atoms with Crippen LogP contribution in [0.1, 0.15) is 13.8 Å². The Morgan fingerprint density at radius 3 is 2.88 bits per heavy atom. The highest BCUT2D eigenvalue weighted by atomic mass is 15.2. The van der Waals surface area contributed by atoms with Gasteiger partial charge in [0.25, 0.3) is 0 Å². The van der Waals surface area contributed by atoms with E-state index in [0.717, 1.165) is 37.6 Å². The van der Waals surface area contributed by atoms with E-state index in [4.69, 9.17) is 0 Å². The number of imidazole rings is 1. The van der Waals surface area contributed by atoms with Crippen molar-refractivity contribution in [2.24, 2.45) is 0 Å². The molecule has 92 valence electrons. The maximum Gasteiger partial charge on any atom is 0.138 e. The predicted octanol–water partition coefficient (Wildman–Crippen LogP) is 2.09. The summed E-state index contributed by atoms with van der Waals surface area (Å²) < 4.78 is 2.07. The van der Waals surface area contributed by atoms with Gasteiger partial charge in [0.1, 0.15) is 11.5 Å². The molecule has 0 aliphatic rings. The van der Waals surface area contributed by atoms with Crippen LogP contribution in [0.15, 0.2) is 30.6 Å². The number of nitrogens with one attached hydrogen (secondary N) is 1. The zero-order valence-corrected chi connectivity index (χ0v) is 10.6. The lowest BCUT2D eigenvalue weighted by Gasteiger charge is -2.18. The molecular formula is C13H20N4. The summed E-state index contributed by atoms with van der Waals surface area (Å²) in [7, 11) is 0. The third kappa shape index (κ3) is 2.77. The van der Waals surface area contributed by atoms with Gasteiger partial charge < -0.3 is 10.2 Å². The van der Waals surface area contributed by atoms with Crippen molar-refractivity contribution in [1.82, 2.24) is 14.3 Å². The van der Waals surface area contributed by atoms with Gasteiger partial charge in [0.2, 0.25) is 0 Å². The number of pyridine rings is 1. The van der Waals surface area contributed by atoms with Gasteiger partial charge in [-0.15, -0.1) is 0 Å². The van der Waals surface area contributed by atoms with Gasteiger partial charge >= 0.3 is 0 Å². The van der Waals surface area contributed by atoms with Crippen molar-refractivity contribution in [3.05, 3.63) is 30.6 Å². The zero-order valence-electron chi connectivity index (χ0n) is 10.6. The minimum Gasteiger partial charge on any atom is -0.370 e. The fourth-order valence-corrected chi connectivity index (χ4v) is 1.97. The average molecular weight is 232 g/mol. The second-order valence-electron chi connectivity index (χ2n) is 4.02. The van der Waals surface area contributed by atoms with Crippen molar-refractivity contribution in [2.75, 3.05) is 31.5 Å². The number of anilines is 1. The Morgan fingerprint density at radius 2 is 2.12 bits per heavy atom. The summed E-state index contributed by atoms with van der Waals surface area (Å²) in [6, 6.07) is 6.12. The van der Waals surface area contributed by atoms with E-state index in [1.807, 2.05) is 24.5 Å². The molecule has 4 heteroatoms. The Kier molecular flexibility index (Phi) is 3.98. The molecule has 0 saturated heterocycles. The van der Waals surface area contributed by atoms with E-state index < -0.39 is 0 Å². The van der Waals surface area contributed by atoms with Crippen molar-refractivity contribution in [3.63, 3.8) is 0 Å². The topological polar surface area (TPSA) is 32.6 Å². The number of hydrogen-bond donors (Lipinski definition) is 1. The Hall–Kier alpha value is -1.55. The zero-order chi connectivity index (χ0) is 12.1. The van der Waals surface area contributed by atoms with Crippen LogP contribution in [0, 0.1) is 0 Å². The quantitative estimate of drug-likeness (QED) is 0.827. The Balaban J connectivity index is 1.97. The first kappa shape index (κ1) is 11.9. The van der Waals surface area contributed by atoms with Crippen LogP contribution in [0.5, 0.6) is 0 Å². The Labute approximate surface area is 102 Å². The minimum absolute atomic E-state index is 0.957. The monoisotopic (exact) mass is 232 g/mol. The summed E-state index contributed by atoms with van der Waals surface area (Å²) in [5.41, 5.74) is 0.984. The molecule has 17 heavy (non-hydrogen) atoms. The molecule has 2 aromatic rings. The van der Waals surface area contributed by atoms with Gasteiger partial charge in [-0.3, -0.25) is 4.40 Å². The lowest BCUT2D eigenvalue weighted by molar-refractivity contribution is 0.316. The maximum absolute atomic E-state index is 4.27. The van der Waals surface area contributed by atoms with Crippen LogP contribution in [0.3, 0.4) is 0 Å². The summed E-state index contributed by atoms with van der Waals surface area (Å²) >= 11 is 0. The van der Waals surface area contributed by atoms with Crippen LogP contribution in [-0.2, 0) is 0 Å². The van der Waals surface area contributed by atoms with Gasteiger partial charge in [0, 0.05) is 25.5 Å². The standard InChI is InChI=1S/C13H20N4/c1-3-16(4-2)10-8-14-12-6-5-7-13-15-9-11-17(12)13/h5-7,9,11,14H,3-4,8,10H2,1-2H3. The van der Waals surface area contributed by atoms with E-state index in [1.54, 1.807) is 0 Å². The molecule has 0 aliphatic carbocycles. The van der Waals surface area contributed by atoms with Crippen molar-refractivity contribution in [1.29, 1.82) is 0 Å². The molecule has 0 fully saturated rings. The highest BCUT2D eigenvalue weighted by Gasteiger charge is 2.01. The summed E-state index contributed by atoms with van der Waals surface area (Å²) in [4.78, 5) is 6.67. The van der Waals surface area contributed by atoms with Crippen LogP contribution in [0.4, 0.5) is 5.82 Å². The lowest BCUT2D eigenvalue weighted by atomic mass is 10.4. The molecule has 2 aromatic heterocycles. The van der Waals surface area contributed by atoms with Gasteiger partial charge in [0.15, 0.2) is 0 Å². The molecule has 0 unspecified atom stereocenters. The van der Waals surface area contributed by atoms with Crippen LogP contribution >= 0.6 is 0 Å². The molecule has 1 N–H and O–H groups in total. The number of rotatable bonds is 6. The summed E-state index contributed by atoms with van der Waals surface area (Å²) in [5, 5.41) is 3.45. The van der Waals surface area contributed by atoms with Gasteiger partial charge in [-0.25, -0.2) is 4.98 Å². The predicted molar refractivity (Wildman–Crippen MR) is 71.5 cm³/mol. The van der Waals surface area contributed by atoms with E-state index in [0.29, 0.717) is 0 Å². The lowest BCUT2D eigenvalue weighted by Crippen LogP contribution is -2.28. The molecule has 2 heterocycles. The third-order valence-electron chi connectivity index (χ3n) is 3.06. The van der Waals surface area contributed by atoms with Gasteiger partial charge in [0.05, 0.1) is 0 Å². The normalized spacial score (nSPS) is 11.2. The second-order valence-corrected chi connectivity index (χ2v) is 4.02. The molecule has 0 amide bonds. The van der Waals surface area contributed by atoms with E-state index in [-0.39, 0.29) is 0 Å². The molecule has 4 nitrogen and oxygen atoms in total. The first-order chi connectivity index (χ1) is 8.35. The second kappa shape index (κ2) is 5.68. The van der Waals surface area contributed by atoms with E-state index >= 15 is 0 Å². The summed E-state index contributed by atoms with van der Waals surface area (Å²) in [6.45, 7) is 8.62. The fourth-order valence-electron chi connectivity index (χ4n) is 1.97. The summed E-state index contributed by atoms with van der Waals surface area (Å²) in [6.07, 6.45) is 3.81. The third-order valence-corrected chi connectivity index (χ3v) is 3.06. The summed E-state index contributed by atoms with van der Waals surface area (Å²) in [5.74, 6) is 1.10. The molecule has 0 atom stereocenters. The molecule has 0 saturated carbocycles. The Bertz CT molecular complexity index is 459. The molecule has 0 radical (unpaired) electrons. The van der Waals surface area contributed by atoms with Crippen molar-refractivity contribution in [2.45, 2.75) is 13.8 Å². The molecule has 0 bridgehead atoms. The van der Waals surface area contributed by atoms with Crippen LogP contribution < -0.4 is 5.32 Å². The number of aromatic nitrogens is 2. The highest BCUT2D eigenvalue weighted by molar-refractivity contribution is 5.49. The smallest absolute Gasteiger partial charge is 0.138 e. The number of fused-ring (bicyclic) bond motifs is 1. The molecule has 0 aromatic carbocycles. The Morgan fingerprint density at radius 1 is 1.29 bits per heavy atom. The van der Waals surface area contributed by atoms with E-state index in [9.17, 15) is 0 Å². The van der Waals surface area contributed by atoms with E-state index in [2.05, 4.69) is 39.5 Å². The molecule has 2 rings (SSSR count). The SMILES string of the molecule is CCN(CC)CCNc1cccc2nccn12. The van der Waals surface area contributed by atoms with Crippen molar-refractivity contribution < 1.29 is 0 Å². The average Bonchev–Trinajstić information content (AvgIpc) is 2.83. The number of likely N-dealkylation sites (N-methyl/N-ethyl adjacent to an activating group) is 1. The molecule has 0 spiro atoms. The van der Waals surface area contributed by atoms with Crippen LogP contribution in [0.25, 0.3) is 5.65 Å². The first-order valence-electron chi connectivity index (χ1n) is 6.23. The number of nitrogens with zero attached hydrogens (tertiary/aromatic N) is 3. The fraction of sp³-hybridized carbons (Fsp3) is 0.462. The van der Waals surface area contributed by atoms with E-state index in [1.165, 1.54) is 0 Å². The largest absolute Gasteiger partial charge is 0.370 e. The number of hydrogen-bond acceptors (Lipinski definition) is 3. The first-order valence-corrected chi connectivity index (χ1v) is 6.23. The van der Waals surface area contributed by atoms with Crippen LogP contribution in [-0.4, -0.2) is 40.5 Å². The van der Waals surface area contributed by atoms with Gasteiger partial charge in [-0.05, 0) is 25.2 Å².